The summed E-state index contributed by atoms with van der Waals surface area (Å²) in [5.41, 5.74) is 1.66. The Morgan fingerprint density at radius 3 is 2.33 bits per heavy atom. The number of nitrogens with zero attached hydrogens (tertiary/aromatic N) is 4. The SMILES string of the molecule is Cn1ccc(C(=O)Nc2ccc(NC(=O)Cn3nc(C4CC4)cc3C(F)F)cc2)n1. The van der Waals surface area contributed by atoms with Crippen LogP contribution in [-0.2, 0) is 18.4 Å². The molecule has 0 atom stereocenters. The number of rotatable bonds is 7. The maximum Gasteiger partial charge on any atom is 0.280 e. The van der Waals surface area contributed by atoms with Crippen LogP contribution in [0.25, 0.3) is 0 Å². The topological polar surface area (TPSA) is 93.8 Å². The van der Waals surface area contributed by atoms with Crippen LogP contribution in [0.3, 0.4) is 0 Å². The Bertz CT molecular complexity index is 1070. The molecule has 1 fully saturated rings. The van der Waals surface area contributed by atoms with Crippen LogP contribution in [0.5, 0.6) is 0 Å². The smallest absolute Gasteiger partial charge is 0.280 e. The van der Waals surface area contributed by atoms with Crippen molar-refractivity contribution < 1.29 is 18.4 Å². The third-order valence-corrected chi connectivity index (χ3v) is 4.72. The second kappa shape index (κ2) is 8.05. The number of hydrogen-bond acceptors (Lipinski definition) is 4. The lowest BCUT2D eigenvalue weighted by atomic mass is 10.2. The highest BCUT2D eigenvalue weighted by Crippen LogP contribution is 2.40. The number of carbonyl (C=O) groups excluding carboxylic acids is 2. The van der Waals surface area contributed by atoms with Crippen LogP contribution >= 0.6 is 0 Å². The van der Waals surface area contributed by atoms with Crippen LogP contribution in [-0.4, -0.2) is 31.4 Å². The van der Waals surface area contributed by atoms with Crippen LogP contribution < -0.4 is 10.6 Å². The Labute approximate surface area is 170 Å². The van der Waals surface area contributed by atoms with E-state index < -0.39 is 12.3 Å². The average molecular weight is 414 g/mol. The van der Waals surface area contributed by atoms with Gasteiger partial charge in [0.15, 0.2) is 5.69 Å². The Hall–Kier alpha value is -3.56. The number of nitrogens with one attached hydrogen (secondary N) is 2. The number of benzene rings is 1. The van der Waals surface area contributed by atoms with E-state index in [1.54, 1.807) is 43.6 Å². The number of hydrogen-bond donors (Lipinski definition) is 2. The van der Waals surface area contributed by atoms with Crippen LogP contribution in [0.2, 0.25) is 0 Å². The zero-order valence-corrected chi connectivity index (χ0v) is 16.2. The minimum absolute atomic E-state index is 0.223. The molecule has 0 aliphatic heterocycles. The minimum Gasteiger partial charge on any atom is -0.324 e. The standard InChI is InChI=1S/C20H20F2N6O2/c1-27-9-8-15(25-27)20(30)24-14-6-4-13(5-7-14)23-18(29)11-28-17(19(21)22)10-16(26-28)12-2-3-12/h4-10,12,19H,2-3,11H2,1H3,(H,23,29)(H,24,30). The lowest BCUT2D eigenvalue weighted by Gasteiger charge is -2.09. The van der Waals surface area contributed by atoms with Gasteiger partial charge in [-0.25, -0.2) is 8.78 Å². The molecule has 156 valence electrons. The second-order valence-electron chi connectivity index (χ2n) is 7.18. The van der Waals surface area contributed by atoms with Gasteiger partial charge >= 0.3 is 0 Å². The highest BCUT2D eigenvalue weighted by molar-refractivity contribution is 6.03. The zero-order chi connectivity index (χ0) is 21.3. The number of halogens is 2. The Balaban J connectivity index is 1.36. The number of alkyl halides is 2. The van der Waals surface area contributed by atoms with E-state index in [1.165, 1.54) is 10.7 Å². The predicted octanol–water partition coefficient (Wildman–Crippen LogP) is 3.32. The molecule has 2 aromatic heterocycles. The van der Waals surface area contributed by atoms with E-state index in [0.717, 1.165) is 17.5 Å². The first-order chi connectivity index (χ1) is 14.4. The zero-order valence-electron chi connectivity index (χ0n) is 16.2. The molecule has 1 aliphatic rings. The largest absolute Gasteiger partial charge is 0.324 e. The molecule has 1 aliphatic carbocycles. The van der Waals surface area contributed by atoms with Crippen molar-refractivity contribution in [2.24, 2.45) is 7.05 Å². The van der Waals surface area contributed by atoms with E-state index >= 15 is 0 Å². The van der Waals surface area contributed by atoms with E-state index in [9.17, 15) is 18.4 Å². The molecule has 10 heteroatoms. The first-order valence-electron chi connectivity index (χ1n) is 9.46. The lowest BCUT2D eigenvalue weighted by molar-refractivity contribution is -0.117. The van der Waals surface area contributed by atoms with Crippen molar-refractivity contribution >= 4 is 23.2 Å². The number of aryl methyl sites for hydroxylation is 1. The highest BCUT2D eigenvalue weighted by atomic mass is 19.3. The summed E-state index contributed by atoms with van der Waals surface area (Å²) in [5.74, 6) is -0.592. The van der Waals surface area contributed by atoms with Gasteiger partial charge in [-0.15, -0.1) is 0 Å². The van der Waals surface area contributed by atoms with Crippen molar-refractivity contribution in [3.05, 3.63) is 59.7 Å². The molecule has 2 N–H and O–H groups in total. The van der Waals surface area contributed by atoms with E-state index in [4.69, 9.17) is 0 Å². The maximum absolute atomic E-state index is 13.2. The molecule has 2 heterocycles. The molecule has 0 radical (unpaired) electrons. The number of amides is 2. The van der Waals surface area contributed by atoms with Crippen LogP contribution in [0.15, 0.2) is 42.6 Å². The van der Waals surface area contributed by atoms with E-state index in [1.807, 2.05) is 0 Å². The third-order valence-electron chi connectivity index (χ3n) is 4.72. The molecular weight excluding hydrogens is 394 g/mol. The van der Waals surface area contributed by atoms with Gasteiger partial charge in [0.2, 0.25) is 5.91 Å². The molecule has 1 saturated carbocycles. The molecule has 0 bridgehead atoms. The van der Waals surface area contributed by atoms with Gasteiger partial charge in [-0.05, 0) is 49.2 Å². The summed E-state index contributed by atoms with van der Waals surface area (Å²) >= 11 is 0. The fourth-order valence-corrected chi connectivity index (χ4v) is 3.04. The fraction of sp³-hybridized carbons (Fsp3) is 0.300. The van der Waals surface area contributed by atoms with Crippen molar-refractivity contribution in [2.75, 3.05) is 10.6 Å². The van der Waals surface area contributed by atoms with Gasteiger partial charge in [0.1, 0.15) is 12.2 Å². The van der Waals surface area contributed by atoms with E-state index in [-0.39, 0.29) is 29.8 Å². The lowest BCUT2D eigenvalue weighted by Crippen LogP contribution is -2.21. The number of carbonyl (C=O) groups is 2. The highest BCUT2D eigenvalue weighted by Gasteiger charge is 2.29. The first-order valence-corrected chi connectivity index (χ1v) is 9.46. The van der Waals surface area contributed by atoms with E-state index in [0.29, 0.717) is 17.1 Å². The molecule has 0 unspecified atom stereocenters. The van der Waals surface area contributed by atoms with Gasteiger partial charge < -0.3 is 10.6 Å². The second-order valence-corrected chi connectivity index (χ2v) is 7.18. The molecule has 8 nitrogen and oxygen atoms in total. The van der Waals surface area contributed by atoms with Crippen molar-refractivity contribution in [1.29, 1.82) is 0 Å². The first kappa shape index (κ1) is 19.7. The van der Waals surface area contributed by atoms with Crippen LogP contribution in [0.4, 0.5) is 20.2 Å². The summed E-state index contributed by atoms with van der Waals surface area (Å²) in [6, 6.07) is 9.45. The van der Waals surface area contributed by atoms with E-state index in [2.05, 4.69) is 20.8 Å². The van der Waals surface area contributed by atoms with Gasteiger partial charge in [0.25, 0.3) is 12.3 Å². The predicted molar refractivity (Wildman–Crippen MR) is 105 cm³/mol. The average Bonchev–Trinajstić information content (AvgIpc) is 3.32. The molecule has 1 aromatic carbocycles. The molecule has 3 aromatic rings. The third kappa shape index (κ3) is 4.53. The summed E-state index contributed by atoms with van der Waals surface area (Å²) in [6.07, 6.45) is 0.851. The minimum atomic E-state index is -2.69. The normalized spacial score (nSPS) is 13.5. The van der Waals surface area contributed by atoms with Crippen molar-refractivity contribution in [1.82, 2.24) is 19.6 Å². The van der Waals surface area contributed by atoms with Crippen LogP contribution in [0.1, 0.15) is 47.1 Å². The summed E-state index contributed by atoms with van der Waals surface area (Å²) < 4.78 is 29.1. The van der Waals surface area contributed by atoms with Gasteiger partial charge in [-0.1, -0.05) is 0 Å². The van der Waals surface area contributed by atoms with Gasteiger partial charge in [0.05, 0.1) is 5.69 Å². The molecular formula is C20H20F2N6O2. The van der Waals surface area contributed by atoms with Crippen molar-refractivity contribution in [3.8, 4) is 0 Å². The maximum atomic E-state index is 13.2. The molecule has 0 saturated heterocycles. The van der Waals surface area contributed by atoms with Crippen molar-refractivity contribution in [2.45, 2.75) is 31.7 Å². The fourth-order valence-electron chi connectivity index (χ4n) is 3.04. The van der Waals surface area contributed by atoms with Gasteiger partial charge in [-0.2, -0.15) is 10.2 Å². The van der Waals surface area contributed by atoms with Gasteiger partial charge in [0, 0.05) is 30.5 Å². The molecule has 0 spiro atoms. The summed E-state index contributed by atoms with van der Waals surface area (Å²) in [6.45, 7) is -0.301. The summed E-state index contributed by atoms with van der Waals surface area (Å²) in [7, 11) is 1.72. The van der Waals surface area contributed by atoms with Crippen LogP contribution in [0, 0.1) is 0 Å². The van der Waals surface area contributed by atoms with Gasteiger partial charge in [-0.3, -0.25) is 19.0 Å². The monoisotopic (exact) mass is 414 g/mol. The van der Waals surface area contributed by atoms with Crippen molar-refractivity contribution in [3.63, 3.8) is 0 Å². The molecule has 30 heavy (non-hydrogen) atoms. The Morgan fingerprint density at radius 1 is 1.10 bits per heavy atom. The Kier molecular flexibility index (Phi) is 5.30. The Morgan fingerprint density at radius 2 is 1.77 bits per heavy atom. The quantitative estimate of drug-likeness (QED) is 0.620. The molecule has 4 rings (SSSR count). The number of aromatic nitrogens is 4. The summed E-state index contributed by atoms with van der Waals surface area (Å²) in [5, 5.41) is 13.6. The number of anilines is 2. The summed E-state index contributed by atoms with van der Waals surface area (Å²) in [4.78, 5) is 24.4. The molecule has 2 amide bonds.